The molecule has 6 heteroatoms. The quantitative estimate of drug-likeness (QED) is 0.196. The summed E-state index contributed by atoms with van der Waals surface area (Å²) in [6.07, 6.45) is 5.47. The summed E-state index contributed by atoms with van der Waals surface area (Å²) in [4.78, 5) is 29.2. The van der Waals surface area contributed by atoms with Gasteiger partial charge in [-0.1, -0.05) is 73.3 Å². The van der Waals surface area contributed by atoms with E-state index in [2.05, 4.69) is 29.8 Å². The second kappa shape index (κ2) is 10.9. The van der Waals surface area contributed by atoms with E-state index in [-0.39, 0.29) is 17.1 Å². The van der Waals surface area contributed by atoms with Crippen molar-refractivity contribution in [3.05, 3.63) is 104 Å². The Bertz CT molecular complexity index is 1470. The summed E-state index contributed by atoms with van der Waals surface area (Å²) in [5.74, 6) is 0.557. The zero-order valence-electron chi connectivity index (χ0n) is 21.1. The molecule has 37 heavy (non-hydrogen) atoms. The number of ether oxygens (including phenoxy) is 1. The Hall–Kier alpha value is -3.38. The first-order valence-corrected chi connectivity index (χ1v) is 13.7. The van der Waals surface area contributed by atoms with Crippen LogP contribution in [0.2, 0.25) is 0 Å². The number of benzene rings is 3. The minimum absolute atomic E-state index is 0.0978. The second-order valence-electron chi connectivity index (χ2n) is 9.39. The predicted molar refractivity (Wildman–Crippen MR) is 151 cm³/mol. The highest BCUT2D eigenvalue weighted by Gasteiger charge is 2.43. The van der Waals surface area contributed by atoms with Crippen molar-refractivity contribution in [1.29, 1.82) is 0 Å². The molecule has 1 aliphatic heterocycles. The number of fused-ring (bicyclic) bond motifs is 2. The van der Waals surface area contributed by atoms with Crippen molar-refractivity contribution >= 4 is 38.5 Å². The monoisotopic (exact) mass is 559 g/mol. The third kappa shape index (κ3) is 4.95. The van der Waals surface area contributed by atoms with Gasteiger partial charge in [-0.2, -0.15) is 0 Å². The van der Waals surface area contributed by atoms with Crippen LogP contribution < -0.4 is 15.1 Å². The number of unbranched alkanes of at least 4 members (excludes halogenated alkanes) is 3. The lowest BCUT2D eigenvalue weighted by molar-refractivity contribution is 0.0971. The Morgan fingerprint density at radius 2 is 1.68 bits per heavy atom. The Kier molecular flexibility index (Phi) is 7.47. The van der Waals surface area contributed by atoms with Crippen molar-refractivity contribution in [2.24, 2.45) is 0 Å². The van der Waals surface area contributed by atoms with Gasteiger partial charge in [-0.15, -0.1) is 0 Å². The van der Waals surface area contributed by atoms with E-state index in [4.69, 9.17) is 9.15 Å². The molecule has 2 heterocycles. The minimum atomic E-state index is -0.604. The number of halogens is 1. The number of aryl methyl sites for hydroxylation is 1. The van der Waals surface area contributed by atoms with Crippen molar-refractivity contribution < 1.29 is 13.9 Å². The van der Waals surface area contributed by atoms with E-state index >= 15 is 0 Å². The summed E-state index contributed by atoms with van der Waals surface area (Å²) in [5, 5.41) is 0.445. The maximum atomic E-state index is 13.8. The number of hydrogen-bond acceptors (Lipinski definition) is 4. The molecule has 0 bridgehead atoms. The van der Waals surface area contributed by atoms with Crippen molar-refractivity contribution in [1.82, 2.24) is 0 Å². The average Bonchev–Trinajstić information content (AvgIpc) is 3.21. The van der Waals surface area contributed by atoms with E-state index in [9.17, 15) is 9.59 Å². The fourth-order valence-electron chi connectivity index (χ4n) is 4.88. The van der Waals surface area contributed by atoms with Crippen molar-refractivity contribution in [3.63, 3.8) is 0 Å². The molecule has 190 valence electrons. The SMILES string of the molecule is CCCCCCOc1ccc(C2c3c(oc4ccc(Br)cc4c3=O)C(=O)N2c2ccc(CC)cc2)cc1. The van der Waals surface area contributed by atoms with Crippen LogP contribution in [0.3, 0.4) is 0 Å². The fourth-order valence-corrected chi connectivity index (χ4v) is 5.25. The molecule has 0 fully saturated rings. The largest absolute Gasteiger partial charge is 0.494 e. The summed E-state index contributed by atoms with van der Waals surface area (Å²) in [6, 6.07) is 20.3. The predicted octanol–water partition coefficient (Wildman–Crippen LogP) is 7.83. The minimum Gasteiger partial charge on any atom is -0.494 e. The van der Waals surface area contributed by atoms with Crippen LogP contribution in [-0.4, -0.2) is 12.5 Å². The summed E-state index contributed by atoms with van der Waals surface area (Å²) in [5.41, 5.74) is 3.29. The molecule has 0 N–H and O–H groups in total. The van der Waals surface area contributed by atoms with Gasteiger partial charge in [0.25, 0.3) is 5.91 Å². The van der Waals surface area contributed by atoms with Gasteiger partial charge in [0.15, 0.2) is 5.43 Å². The summed E-state index contributed by atoms with van der Waals surface area (Å²) < 4.78 is 12.8. The molecule has 5 nitrogen and oxygen atoms in total. The van der Waals surface area contributed by atoms with Crippen molar-refractivity contribution in [3.8, 4) is 5.75 Å². The van der Waals surface area contributed by atoms with Gasteiger partial charge in [0.05, 0.1) is 23.6 Å². The first-order valence-electron chi connectivity index (χ1n) is 12.9. The average molecular weight is 560 g/mol. The van der Waals surface area contributed by atoms with Crippen molar-refractivity contribution in [2.45, 2.75) is 52.0 Å². The van der Waals surface area contributed by atoms with Crippen LogP contribution in [0.25, 0.3) is 11.0 Å². The molecule has 5 rings (SSSR count). The highest BCUT2D eigenvalue weighted by molar-refractivity contribution is 9.10. The molecule has 1 amide bonds. The van der Waals surface area contributed by atoms with Crippen LogP contribution in [-0.2, 0) is 6.42 Å². The van der Waals surface area contributed by atoms with E-state index in [1.54, 1.807) is 23.1 Å². The van der Waals surface area contributed by atoms with Crippen LogP contribution in [0, 0.1) is 0 Å². The van der Waals surface area contributed by atoms with Crippen LogP contribution in [0.4, 0.5) is 5.69 Å². The lowest BCUT2D eigenvalue weighted by atomic mass is 9.98. The molecule has 0 spiro atoms. The van der Waals surface area contributed by atoms with Crippen LogP contribution in [0.15, 0.2) is 80.4 Å². The van der Waals surface area contributed by atoms with E-state index < -0.39 is 6.04 Å². The van der Waals surface area contributed by atoms with E-state index in [0.29, 0.717) is 23.1 Å². The van der Waals surface area contributed by atoms with E-state index in [0.717, 1.165) is 40.7 Å². The molecular formula is C31H30BrNO4. The lowest BCUT2D eigenvalue weighted by Crippen LogP contribution is -2.29. The number of carbonyl (C=O) groups is 1. The molecule has 0 radical (unpaired) electrons. The highest BCUT2D eigenvalue weighted by atomic mass is 79.9. The molecule has 1 unspecified atom stereocenters. The molecule has 0 saturated carbocycles. The van der Waals surface area contributed by atoms with Gasteiger partial charge in [0, 0.05) is 10.2 Å². The maximum absolute atomic E-state index is 13.8. The Morgan fingerprint density at radius 3 is 2.38 bits per heavy atom. The third-order valence-corrected chi connectivity index (χ3v) is 7.41. The maximum Gasteiger partial charge on any atom is 0.295 e. The van der Waals surface area contributed by atoms with Gasteiger partial charge in [-0.3, -0.25) is 14.5 Å². The van der Waals surface area contributed by atoms with Gasteiger partial charge < -0.3 is 9.15 Å². The van der Waals surface area contributed by atoms with Crippen LogP contribution in [0.1, 0.15) is 72.8 Å². The summed E-state index contributed by atoms with van der Waals surface area (Å²) in [6.45, 7) is 4.95. The standard InChI is InChI=1S/C31H30BrNO4/c1-3-5-6-7-18-36-24-15-10-21(11-16-24)28-27-29(34)25-19-22(32)12-17-26(25)37-30(27)31(35)33(28)23-13-8-20(4-2)9-14-23/h8-17,19,28H,3-7,18H2,1-2H3. The first kappa shape index (κ1) is 25.3. The Balaban J connectivity index is 1.57. The fraction of sp³-hybridized carbons (Fsp3) is 0.290. The van der Waals surface area contributed by atoms with Gasteiger partial charge >= 0.3 is 0 Å². The molecule has 4 aromatic rings. The summed E-state index contributed by atoms with van der Waals surface area (Å²) in [7, 11) is 0. The number of anilines is 1. The second-order valence-corrected chi connectivity index (χ2v) is 10.3. The van der Waals surface area contributed by atoms with Gasteiger partial charge in [0.1, 0.15) is 11.3 Å². The normalized spacial score (nSPS) is 14.8. The topological polar surface area (TPSA) is 59.8 Å². The third-order valence-electron chi connectivity index (χ3n) is 6.92. The zero-order valence-corrected chi connectivity index (χ0v) is 22.7. The van der Waals surface area contributed by atoms with E-state index in [1.807, 2.05) is 48.5 Å². The van der Waals surface area contributed by atoms with Crippen LogP contribution in [0.5, 0.6) is 5.75 Å². The van der Waals surface area contributed by atoms with Gasteiger partial charge in [0.2, 0.25) is 5.76 Å². The smallest absolute Gasteiger partial charge is 0.295 e. The van der Waals surface area contributed by atoms with Gasteiger partial charge in [-0.25, -0.2) is 0 Å². The first-order chi connectivity index (χ1) is 18.0. The molecule has 0 aliphatic carbocycles. The zero-order chi connectivity index (χ0) is 25.9. The summed E-state index contributed by atoms with van der Waals surface area (Å²) >= 11 is 3.45. The van der Waals surface area contributed by atoms with Crippen LogP contribution >= 0.6 is 15.9 Å². The number of nitrogens with zero attached hydrogens (tertiary/aromatic N) is 1. The number of amides is 1. The number of hydrogen-bond donors (Lipinski definition) is 0. The molecule has 1 atom stereocenters. The molecule has 1 aromatic heterocycles. The Morgan fingerprint density at radius 1 is 0.919 bits per heavy atom. The number of carbonyl (C=O) groups excluding carboxylic acids is 1. The number of rotatable bonds is 9. The molecule has 3 aromatic carbocycles. The van der Waals surface area contributed by atoms with Gasteiger partial charge in [-0.05, 0) is 66.4 Å². The molecular weight excluding hydrogens is 530 g/mol. The van der Waals surface area contributed by atoms with E-state index in [1.165, 1.54) is 18.4 Å². The highest BCUT2D eigenvalue weighted by Crippen LogP contribution is 2.41. The molecule has 0 saturated heterocycles. The lowest BCUT2D eigenvalue weighted by Gasteiger charge is -2.25. The Labute approximate surface area is 225 Å². The molecule has 1 aliphatic rings. The van der Waals surface area contributed by atoms with Crippen molar-refractivity contribution in [2.75, 3.05) is 11.5 Å².